The third-order valence-corrected chi connectivity index (χ3v) is 2.95. The van der Waals surface area contributed by atoms with Crippen molar-refractivity contribution in [1.29, 1.82) is 0 Å². The number of aromatic nitrogens is 2. The number of ether oxygens (including phenoxy) is 1. The average Bonchev–Trinajstić information content (AvgIpc) is 2.97. The summed E-state index contributed by atoms with van der Waals surface area (Å²) in [6.07, 6.45) is 0. The van der Waals surface area contributed by atoms with E-state index in [4.69, 9.17) is 9.26 Å². The number of benzene rings is 2. The number of halogens is 2. The van der Waals surface area contributed by atoms with E-state index in [2.05, 4.69) is 10.1 Å². The molecule has 3 aromatic rings. The zero-order chi connectivity index (χ0) is 14.8. The van der Waals surface area contributed by atoms with Gasteiger partial charge >= 0.3 is 0 Å². The summed E-state index contributed by atoms with van der Waals surface area (Å²) in [4.78, 5) is 4.03. The minimum absolute atomic E-state index is 0.128. The van der Waals surface area contributed by atoms with Crippen molar-refractivity contribution in [1.82, 2.24) is 10.1 Å². The van der Waals surface area contributed by atoms with Gasteiger partial charge in [-0.2, -0.15) is 4.98 Å². The SMILES string of the molecule is COc1ccc(-c2nc(-c3c(F)cccc3F)no2)cc1. The molecule has 3 rings (SSSR count). The van der Waals surface area contributed by atoms with Crippen LogP contribution in [0.5, 0.6) is 5.75 Å². The molecule has 0 radical (unpaired) electrons. The van der Waals surface area contributed by atoms with Gasteiger partial charge in [0.15, 0.2) is 0 Å². The van der Waals surface area contributed by atoms with Gasteiger partial charge in [-0.1, -0.05) is 11.2 Å². The van der Waals surface area contributed by atoms with Crippen molar-refractivity contribution in [2.75, 3.05) is 7.11 Å². The van der Waals surface area contributed by atoms with Crippen molar-refractivity contribution in [3.63, 3.8) is 0 Å². The monoisotopic (exact) mass is 288 g/mol. The number of hydrogen-bond donors (Lipinski definition) is 0. The molecule has 0 bridgehead atoms. The Balaban J connectivity index is 1.99. The van der Waals surface area contributed by atoms with E-state index in [1.807, 2.05) is 0 Å². The number of nitrogens with zero attached hydrogens (tertiary/aromatic N) is 2. The largest absolute Gasteiger partial charge is 0.497 e. The summed E-state index contributed by atoms with van der Waals surface area (Å²) in [5.74, 6) is -0.750. The Bertz CT molecular complexity index is 749. The maximum absolute atomic E-state index is 13.7. The lowest BCUT2D eigenvalue weighted by atomic mass is 10.2. The molecule has 0 fully saturated rings. The van der Waals surface area contributed by atoms with Crippen LogP contribution in [0.25, 0.3) is 22.8 Å². The third-order valence-electron chi connectivity index (χ3n) is 2.95. The highest BCUT2D eigenvalue weighted by Gasteiger charge is 2.18. The molecule has 21 heavy (non-hydrogen) atoms. The Hall–Kier alpha value is -2.76. The molecule has 0 amide bonds. The van der Waals surface area contributed by atoms with Crippen LogP contribution in [-0.4, -0.2) is 17.3 Å². The van der Waals surface area contributed by atoms with Crippen LogP contribution < -0.4 is 4.74 Å². The first-order valence-electron chi connectivity index (χ1n) is 6.11. The van der Waals surface area contributed by atoms with E-state index in [1.54, 1.807) is 31.4 Å². The van der Waals surface area contributed by atoms with Gasteiger partial charge in [0.2, 0.25) is 5.82 Å². The number of rotatable bonds is 3. The maximum atomic E-state index is 13.7. The molecule has 2 aromatic carbocycles. The molecule has 0 aliphatic carbocycles. The second-order valence-corrected chi connectivity index (χ2v) is 4.25. The van der Waals surface area contributed by atoms with Crippen LogP contribution >= 0.6 is 0 Å². The fraction of sp³-hybridized carbons (Fsp3) is 0.0667. The van der Waals surface area contributed by atoms with E-state index in [1.165, 1.54) is 6.07 Å². The van der Waals surface area contributed by atoms with Crippen molar-refractivity contribution in [2.24, 2.45) is 0 Å². The van der Waals surface area contributed by atoms with E-state index in [0.29, 0.717) is 11.3 Å². The van der Waals surface area contributed by atoms with Crippen LogP contribution in [0.2, 0.25) is 0 Å². The highest BCUT2D eigenvalue weighted by atomic mass is 19.1. The van der Waals surface area contributed by atoms with E-state index >= 15 is 0 Å². The van der Waals surface area contributed by atoms with Gasteiger partial charge < -0.3 is 9.26 Å². The van der Waals surface area contributed by atoms with Gasteiger partial charge in [0.25, 0.3) is 5.89 Å². The van der Waals surface area contributed by atoms with Crippen LogP contribution in [0.15, 0.2) is 47.0 Å². The van der Waals surface area contributed by atoms with Crippen LogP contribution in [-0.2, 0) is 0 Å². The first-order valence-corrected chi connectivity index (χ1v) is 6.11. The Morgan fingerprint density at radius 2 is 1.67 bits per heavy atom. The molecule has 0 N–H and O–H groups in total. The van der Waals surface area contributed by atoms with Gasteiger partial charge in [-0.3, -0.25) is 0 Å². The molecular formula is C15H10F2N2O2. The number of hydrogen-bond acceptors (Lipinski definition) is 4. The molecule has 0 saturated carbocycles. The average molecular weight is 288 g/mol. The molecule has 0 saturated heterocycles. The lowest BCUT2D eigenvalue weighted by molar-refractivity contribution is 0.414. The predicted molar refractivity (Wildman–Crippen MR) is 71.6 cm³/mol. The smallest absolute Gasteiger partial charge is 0.258 e. The lowest BCUT2D eigenvalue weighted by Gasteiger charge is -1.99. The summed E-state index contributed by atoms with van der Waals surface area (Å²) in [6.45, 7) is 0. The topological polar surface area (TPSA) is 48.2 Å². The fourth-order valence-corrected chi connectivity index (χ4v) is 1.89. The van der Waals surface area contributed by atoms with E-state index in [0.717, 1.165) is 12.1 Å². The molecular weight excluding hydrogens is 278 g/mol. The second-order valence-electron chi connectivity index (χ2n) is 4.25. The molecule has 0 aliphatic heterocycles. The summed E-state index contributed by atoms with van der Waals surface area (Å²) in [7, 11) is 1.56. The van der Waals surface area contributed by atoms with Crippen molar-refractivity contribution >= 4 is 0 Å². The zero-order valence-electron chi connectivity index (χ0n) is 11.0. The number of methoxy groups -OCH3 is 1. The van der Waals surface area contributed by atoms with Gasteiger partial charge in [-0.05, 0) is 36.4 Å². The van der Waals surface area contributed by atoms with Crippen LogP contribution in [0.3, 0.4) is 0 Å². The van der Waals surface area contributed by atoms with Crippen LogP contribution in [0.1, 0.15) is 0 Å². The van der Waals surface area contributed by atoms with Gasteiger partial charge in [-0.25, -0.2) is 8.78 Å². The fourth-order valence-electron chi connectivity index (χ4n) is 1.89. The summed E-state index contributed by atoms with van der Waals surface area (Å²) in [5, 5.41) is 3.63. The lowest BCUT2D eigenvalue weighted by Crippen LogP contribution is -1.91. The van der Waals surface area contributed by atoms with Gasteiger partial charge in [0.1, 0.15) is 17.4 Å². The van der Waals surface area contributed by atoms with Crippen LogP contribution in [0.4, 0.5) is 8.78 Å². The first kappa shape index (κ1) is 13.2. The Morgan fingerprint density at radius 1 is 1.00 bits per heavy atom. The van der Waals surface area contributed by atoms with E-state index < -0.39 is 11.6 Å². The molecule has 4 nitrogen and oxygen atoms in total. The van der Waals surface area contributed by atoms with Gasteiger partial charge in [0, 0.05) is 5.56 Å². The molecule has 0 spiro atoms. The summed E-state index contributed by atoms with van der Waals surface area (Å²) in [6, 6.07) is 10.4. The Labute approximate surface area is 119 Å². The van der Waals surface area contributed by atoms with Crippen molar-refractivity contribution in [3.05, 3.63) is 54.1 Å². The minimum atomic E-state index is -0.739. The van der Waals surface area contributed by atoms with Crippen molar-refractivity contribution in [3.8, 4) is 28.6 Å². The van der Waals surface area contributed by atoms with E-state index in [-0.39, 0.29) is 17.3 Å². The quantitative estimate of drug-likeness (QED) is 0.737. The second kappa shape index (κ2) is 5.32. The molecule has 0 atom stereocenters. The van der Waals surface area contributed by atoms with Gasteiger partial charge in [0.05, 0.1) is 12.7 Å². The normalized spacial score (nSPS) is 10.6. The molecule has 6 heteroatoms. The highest BCUT2D eigenvalue weighted by Crippen LogP contribution is 2.27. The van der Waals surface area contributed by atoms with Crippen molar-refractivity contribution in [2.45, 2.75) is 0 Å². The summed E-state index contributed by atoms with van der Waals surface area (Å²) in [5.41, 5.74) is 0.326. The molecule has 1 heterocycles. The Morgan fingerprint density at radius 3 is 2.29 bits per heavy atom. The first-order chi connectivity index (χ1) is 10.2. The molecule has 0 unspecified atom stereocenters. The molecule has 106 valence electrons. The standard InChI is InChI=1S/C15H10F2N2O2/c1-20-10-7-5-9(6-8-10)15-18-14(19-21-15)13-11(16)3-2-4-12(13)17/h2-8H,1H3. The van der Waals surface area contributed by atoms with Gasteiger partial charge in [-0.15, -0.1) is 0 Å². The zero-order valence-corrected chi connectivity index (χ0v) is 11.0. The van der Waals surface area contributed by atoms with Crippen LogP contribution in [0, 0.1) is 11.6 Å². The summed E-state index contributed by atoms with van der Waals surface area (Å²) >= 11 is 0. The third kappa shape index (κ3) is 2.47. The highest BCUT2D eigenvalue weighted by molar-refractivity contribution is 5.61. The summed E-state index contributed by atoms with van der Waals surface area (Å²) < 4.78 is 37.4. The van der Waals surface area contributed by atoms with E-state index in [9.17, 15) is 8.78 Å². The molecule has 1 aromatic heterocycles. The minimum Gasteiger partial charge on any atom is -0.497 e. The Kier molecular flexibility index (Phi) is 3.35. The predicted octanol–water partition coefficient (Wildman–Crippen LogP) is 3.69. The maximum Gasteiger partial charge on any atom is 0.258 e. The van der Waals surface area contributed by atoms with Crippen molar-refractivity contribution < 1.29 is 18.0 Å². The molecule has 0 aliphatic rings.